The van der Waals surface area contributed by atoms with Crippen LogP contribution in [0.15, 0.2) is 28.7 Å². The van der Waals surface area contributed by atoms with Crippen molar-refractivity contribution in [1.82, 2.24) is 0 Å². The van der Waals surface area contributed by atoms with Gasteiger partial charge < -0.3 is 4.42 Å². The third-order valence-corrected chi connectivity index (χ3v) is 4.17. The van der Waals surface area contributed by atoms with Crippen molar-refractivity contribution in [3.8, 4) is 0 Å². The molecule has 0 amide bonds. The minimum absolute atomic E-state index is 0.337. The summed E-state index contributed by atoms with van der Waals surface area (Å²) in [4.78, 5) is 0. The van der Waals surface area contributed by atoms with Crippen LogP contribution in [0.5, 0.6) is 0 Å². The summed E-state index contributed by atoms with van der Waals surface area (Å²) >= 11 is 6.32. The Morgan fingerprint density at radius 2 is 2.24 bits per heavy atom. The molecule has 1 atom stereocenters. The lowest BCUT2D eigenvalue weighted by Gasteiger charge is -2.04. The number of alkyl halides is 1. The van der Waals surface area contributed by atoms with Crippen LogP contribution in [-0.4, -0.2) is 5.38 Å². The second-order valence-corrected chi connectivity index (χ2v) is 5.66. The first-order valence-corrected chi connectivity index (χ1v) is 6.80. The monoisotopic (exact) mass is 248 g/mol. The Kier molecular flexibility index (Phi) is 2.87. The number of halogens is 1. The van der Waals surface area contributed by atoms with Crippen molar-refractivity contribution < 1.29 is 4.42 Å². The number of furan rings is 1. The van der Waals surface area contributed by atoms with Crippen molar-refractivity contribution in [2.75, 3.05) is 0 Å². The summed E-state index contributed by atoms with van der Waals surface area (Å²) in [6.07, 6.45) is 4.62. The number of para-hydroxylation sites is 1. The van der Waals surface area contributed by atoms with Gasteiger partial charge in [-0.05, 0) is 43.7 Å². The van der Waals surface area contributed by atoms with E-state index in [0.717, 1.165) is 30.1 Å². The van der Waals surface area contributed by atoms with Crippen molar-refractivity contribution in [2.24, 2.45) is 5.92 Å². The molecule has 0 radical (unpaired) electrons. The molecule has 0 saturated heterocycles. The second kappa shape index (κ2) is 4.38. The zero-order valence-corrected chi connectivity index (χ0v) is 10.8. The maximum Gasteiger partial charge on any atom is 0.137 e. The maximum atomic E-state index is 6.32. The molecule has 1 aliphatic rings. The Balaban J connectivity index is 1.74. The Bertz CT molecular complexity index is 525. The minimum atomic E-state index is 0.337. The molecule has 17 heavy (non-hydrogen) atoms. The number of hydrogen-bond acceptors (Lipinski definition) is 1. The molecule has 0 bridgehead atoms. The molecule has 0 N–H and O–H groups in total. The zero-order chi connectivity index (χ0) is 11.8. The Morgan fingerprint density at radius 3 is 2.94 bits per heavy atom. The van der Waals surface area contributed by atoms with Crippen LogP contribution in [0, 0.1) is 12.8 Å². The molecule has 1 heterocycles. The van der Waals surface area contributed by atoms with Crippen LogP contribution in [0.3, 0.4) is 0 Å². The molecular formula is C15H17ClO. The van der Waals surface area contributed by atoms with E-state index in [9.17, 15) is 0 Å². The van der Waals surface area contributed by atoms with E-state index in [0.29, 0.717) is 5.38 Å². The zero-order valence-electron chi connectivity index (χ0n) is 10.1. The first-order valence-electron chi connectivity index (χ1n) is 6.36. The number of benzene rings is 1. The summed E-state index contributed by atoms with van der Waals surface area (Å²) in [6.45, 7) is 2.09. The van der Waals surface area contributed by atoms with E-state index in [1.807, 2.05) is 0 Å². The van der Waals surface area contributed by atoms with Gasteiger partial charge >= 0.3 is 0 Å². The molecule has 1 saturated carbocycles. The third kappa shape index (κ3) is 2.35. The van der Waals surface area contributed by atoms with E-state index < -0.39 is 0 Å². The van der Waals surface area contributed by atoms with Gasteiger partial charge in [0.05, 0.1) is 0 Å². The predicted molar refractivity (Wildman–Crippen MR) is 71.6 cm³/mol. The van der Waals surface area contributed by atoms with E-state index in [1.165, 1.54) is 23.8 Å². The van der Waals surface area contributed by atoms with E-state index in [4.69, 9.17) is 16.0 Å². The first-order chi connectivity index (χ1) is 8.24. The van der Waals surface area contributed by atoms with E-state index in [1.54, 1.807) is 0 Å². The topological polar surface area (TPSA) is 13.1 Å². The summed E-state index contributed by atoms with van der Waals surface area (Å²) in [6, 6.07) is 8.42. The fourth-order valence-corrected chi connectivity index (χ4v) is 2.72. The fraction of sp³-hybridized carbons (Fsp3) is 0.467. The molecule has 1 aliphatic carbocycles. The minimum Gasteiger partial charge on any atom is -0.461 e. The standard InChI is InChI=1S/C15H17ClO/c1-10-3-2-4-12-9-13(17-15(10)12)7-8-14(16)11-5-6-11/h2-4,9,11,14H,5-8H2,1H3. The van der Waals surface area contributed by atoms with Crippen molar-refractivity contribution in [2.45, 2.75) is 38.0 Å². The summed E-state index contributed by atoms with van der Waals surface area (Å²) in [7, 11) is 0. The van der Waals surface area contributed by atoms with Gasteiger partial charge in [-0.3, -0.25) is 0 Å². The van der Waals surface area contributed by atoms with Gasteiger partial charge in [-0.2, -0.15) is 0 Å². The highest BCUT2D eigenvalue weighted by molar-refractivity contribution is 6.20. The van der Waals surface area contributed by atoms with E-state index in [2.05, 4.69) is 31.2 Å². The highest BCUT2D eigenvalue weighted by Crippen LogP contribution is 2.37. The number of fused-ring (bicyclic) bond motifs is 1. The van der Waals surface area contributed by atoms with E-state index in [-0.39, 0.29) is 0 Å². The van der Waals surface area contributed by atoms with Gasteiger partial charge in [0.25, 0.3) is 0 Å². The molecule has 2 heteroatoms. The second-order valence-electron chi connectivity index (χ2n) is 5.10. The third-order valence-electron chi connectivity index (χ3n) is 3.59. The summed E-state index contributed by atoms with van der Waals surface area (Å²) in [5, 5.41) is 1.54. The average Bonchev–Trinajstić information content (AvgIpc) is 3.07. The lowest BCUT2D eigenvalue weighted by molar-refractivity contribution is 0.526. The summed E-state index contributed by atoms with van der Waals surface area (Å²) in [5.41, 5.74) is 2.23. The first kappa shape index (κ1) is 11.2. The SMILES string of the molecule is Cc1cccc2cc(CCC(Cl)C3CC3)oc12. The molecule has 1 unspecified atom stereocenters. The molecule has 3 rings (SSSR count). The summed E-state index contributed by atoms with van der Waals surface area (Å²) in [5.74, 6) is 1.84. The molecule has 1 aromatic heterocycles. The maximum absolute atomic E-state index is 6.32. The van der Waals surface area contributed by atoms with E-state index >= 15 is 0 Å². The van der Waals surface area contributed by atoms with Crippen molar-refractivity contribution in [3.05, 3.63) is 35.6 Å². The predicted octanol–water partition coefficient (Wildman–Crippen LogP) is 4.69. The van der Waals surface area contributed by atoms with Gasteiger partial charge in [0, 0.05) is 17.2 Å². The lowest BCUT2D eigenvalue weighted by Crippen LogP contribution is -2.02. The fourth-order valence-electron chi connectivity index (χ4n) is 2.36. The smallest absolute Gasteiger partial charge is 0.137 e. The van der Waals surface area contributed by atoms with Crippen LogP contribution >= 0.6 is 11.6 Å². The molecule has 1 aromatic carbocycles. The molecule has 0 spiro atoms. The molecule has 2 aromatic rings. The van der Waals surface area contributed by atoms with Crippen LogP contribution in [-0.2, 0) is 6.42 Å². The molecular weight excluding hydrogens is 232 g/mol. The van der Waals surface area contributed by atoms with Crippen LogP contribution in [0.4, 0.5) is 0 Å². The molecule has 90 valence electrons. The van der Waals surface area contributed by atoms with Crippen LogP contribution in [0.1, 0.15) is 30.6 Å². The number of rotatable bonds is 4. The highest BCUT2D eigenvalue weighted by Gasteiger charge is 2.29. The summed E-state index contributed by atoms with van der Waals surface area (Å²) < 4.78 is 5.89. The van der Waals surface area contributed by atoms with Gasteiger partial charge in [0.15, 0.2) is 0 Å². The Morgan fingerprint density at radius 1 is 1.41 bits per heavy atom. The van der Waals surface area contributed by atoms with Gasteiger partial charge in [0.2, 0.25) is 0 Å². The Labute approximate surface area is 107 Å². The normalized spacial score (nSPS) is 17.5. The number of aryl methyl sites for hydroxylation is 2. The average molecular weight is 249 g/mol. The van der Waals surface area contributed by atoms with Crippen LogP contribution < -0.4 is 0 Å². The van der Waals surface area contributed by atoms with Gasteiger partial charge in [-0.1, -0.05) is 18.2 Å². The molecule has 1 nitrogen and oxygen atoms in total. The van der Waals surface area contributed by atoms with Crippen molar-refractivity contribution in [3.63, 3.8) is 0 Å². The van der Waals surface area contributed by atoms with Gasteiger partial charge in [-0.25, -0.2) is 0 Å². The lowest BCUT2D eigenvalue weighted by atomic mass is 10.1. The highest BCUT2D eigenvalue weighted by atomic mass is 35.5. The Hall–Kier alpha value is -0.950. The molecule has 0 aliphatic heterocycles. The number of hydrogen-bond donors (Lipinski definition) is 0. The van der Waals surface area contributed by atoms with Crippen LogP contribution in [0.25, 0.3) is 11.0 Å². The largest absolute Gasteiger partial charge is 0.461 e. The van der Waals surface area contributed by atoms with Crippen LogP contribution in [0.2, 0.25) is 0 Å². The van der Waals surface area contributed by atoms with Gasteiger partial charge in [0.1, 0.15) is 11.3 Å². The van der Waals surface area contributed by atoms with Crippen molar-refractivity contribution in [1.29, 1.82) is 0 Å². The quantitative estimate of drug-likeness (QED) is 0.716. The van der Waals surface area contributed by atoms with Crippen molar-refractivity contribution >= 4 is 22.6 Å². The van der Waals surface area contributed by atoms with Gasteiger partial charge in [-0.15, -0.1) is 11.6 Å². The molecule has 1 fully saturated rings.